The Kier molecular flexibility index (Phi) is 5.63. The maximum Gasteiger partial charge on any atom is 0.269 e. The summed E-state index contributed by atoms with van der Waals surface area (Å²) in [7, 11) is -0.724. The van der Waals surface area contributed by atoms with Gasteiger partial charge in [0.05, 0.1) is 19.1 Å². The number of methoxy groups -OCH3 is 2. The van der Waals surface area contributed by atoms with E-state index < -0.39 is 10.0 Å². The molecule has 0 fully saturated rings. The zero-order valence-electron chi connectivity index (χ0n) is 18.8. The van der Waals surface area contributed by atoms with Crippen LogP contribution in [0.2, 0.25) is 0 Å². The summed E-state index contributed by atoms with van der Waals surface area (Å²) in [6, 6.07) is 16.2. The lowest BCUT2D eigenvalue weighted by Gasteiger charge is -2.11. The van der Waals surface area contributed by atoms with Gasteiger partial charge in [0.25, 0.3) is 10.0 Å². The number of nitrogens with zero attached hydrogens (tertiary/aromatic N) is 2. The first-order valence-electron chi connectivity index (χ1n) is 10.5. The molecule has 0 atom stereocenters. The second-order valence-electron chi connectivity index (χ2n) is 7.79. The van der Waals surface area contributed by atoms with Crippen LogP contribution in [-0.2, 0) is 10.0 Å². The number of hydrogen-bond donors (Lipinski definition) is 0. The molecule has 5 rings (SSSR count). The van der Waals surface area contributed by atoms with Crippen molar-refractivity contribution in [3.63, 3.8) is 0 Å². The number of rotatable bonds is 6. The van der Waals surface area contributed by atoms with Crippen LogP contribution < -0.4 is 9.47 Å². The smallest absolute Gasteiger partial charge is 0.269 e. The van der Waals surface area contributed by atoms with E-state index in [9.17, 15) is 8.42 Å². The van der Waals surface area contributed by atoms with Gasteiger partial charge in [-0.15, -0.1) is 0 Å². The molecule has 8 heteroatoms. The Hall–Kier alpha value is -3.62. The van der Waals surface area contributed by atoms with Gasteiger partial charge in [0.2, 0.25) is 0 Å². The van der Waals surface area contributed by atoms with E-state index in [1.165, 1.54) is 3.97 Å². The molecular formula is C26H22N2O4S2. The molecule has 2 aromatic carbocycles. The first kappa shape index (κ1) is 22.2. The molecule has 0 saturated carbocycles. The van der Waals surface area contributed by atoms with Crippen molar-refractivity contribution in [2.45, 2.75) is 11.8 Å². The van der Waals surface area contributed by atoms with Crippen LogP contribution in [0, 0.1) is 6.92 Å². The summed E-state index contributed by atoms with van der Waals surface area (Å²) < 4.78 is 39.7. The van der Waals surface area contributed by atoms with Crippen LogP contribution in [0.3, 0.4) is 0 Å². The lowest BCUT2D eigenvalue weighted by Crippen LogP contribution is -2.12. The van der Waals surface area contributed by atoms with Crippen LogP contribution >= 0.6 is 11.3 Å². The van der Waals surface area contributed by atoms with E-state index in [-0.39, 0.29) is 4.90 Å². The van der Waals surface area contributed by atoms with Crippen molar-refractivity contribution in [3.8, 4) is 33.8 Å². The zero-order chi connectivity index (χ0) is 23.9. The summed E-state index contributed by atoms with van der Waals surface area (Å²) in [5.41, 5.74) is 4.69. The fourth-order valence-corrected chi connectivity index (χ4v) is 5.99. The molecule has 0 aliphatic carbocycles. The van der Waals surface area contributed by atoms with Gasteiger partial charge in [-0.05, 0) is 65.2 Å². The fourth-order valence-electron chi connectivity index (χ4n) is 4.02. The van der Waals surface area contributed by atoms with Crippen LogP contribution in [0.5, 0.6) is 11.5 Å². The van der Waals surface area contributed by atoms with Crippen molar-refractivity contribution in [2.75, 3.05) is 14.2 Å². The highest BCUT2D eigenvalue weighted by Crippen LogP contribution is 2.42. The maximum atomic E-state index is 13.7. The predicted molar refractivity (Wildman–Crippen MR) is 135 cm³/mol. The summed E-state index contributed by atoms with van der Waals surface area (Å²) in [6.45, 7) is 1.92. The monoisotopic (exact) mass is 490 g/mol. The van der Waals surface area contributed by atoms with Crippen molar-refractivity contribution in [3.05, 3.63) is 83.3 Å². The molecule has 0 unspecified atom stereocenters. The number of thiophene rings is 1. The average Bonchev–Trinajstić information content (AvgIpc) is 3.52. The Morgan fingerprint density at radius 1 is 0.912 bits per heavy atom. The third-order valence-electron chi connectivity index (χ3n) is 5.76. The fraction of sp³-hybridized carbons (Fsp3) is 0.115. The van der Waals surface area contributed by atoms with Crippen LogP contribution in [0.25, 0.3) is 33.3 Å². The summed E-state index contributed by atoms with van der Waals surface area (Å²) in [5, 5.41) is 4.77. The van der Waals surface area contributed by atoms with E-state index >= 15 is 0 Å². The largest absolute Gasteiger partial charge is 0.497 e. The minimum absolute atomic E-state index is 0.200. The average molecular weight is 491 g/mol. The maximum absolute atomic E-state index is 13.7. The second kappa shape index (κ2) is 8.62. The van der Waals surface area contributed by atoms with E-state index in [1.54, 1.807) is 68.3 Å². The van der Waals surface area contributed by atoms with Crippen molar-refractivity contribution in [1.29, 1.82) is 0 Å². The van der Waals surface area contributed by atoms with Gasteiger partial charge in [-0.1, -0.05) is 17.7 Å². The standard InChI is InChI=1S/C26H22N2O4S2/c1-17-4-7-20(8-5-17)34(29,30)28-15-23(22-9-6-19(31-2)14-24(22)32-3)25-21(10-12-27-26(25)28)18-11-13-33-16-18/h4-16H,1-3H3. The van der Waals surface area contributed by atoms with Gasteiger partial charge < -0.3 is 9.47 Å². The minimum Gasteiger partial charge on any atom is -0.497 e. The number of ether oxygens (including phenoxy) is 2. The molecule has 6 nitrogen and oxygen atoms in total. The van der Waals surface area contributed by atoms with E-state index in [1.807, 2.05) is 41.9 Å². The molecule has 0 bridgehead atoms. The third-order valence-corrected chi connectivity index (χ3v) is 8.11. The Morgan fingerprint density at radius 3 is 2.38 bits per heavy atom. The Morgan fingerprint density at radius 2 is 1.71 bits per heavy atom. The van der Waals surface area contributed by atoms with Crippen molar-refractivity contribution in [1.82, 2.24) is 8.96 Å². The van der Waals surface area contributed by atoms with Gasteiger partial charge in [-0.2, -0.15) is 11.3 Å². The zero-order valence-corrected chi connectivity index (χ0v) is 20.5. The molecule has 0 amide bonds. The molecule has 0 saturated heterocycles. The lowest BCUT2D eigenvalue weighted by atomic mass is 9.99. The van der Waals surface area contributed by atoms with Crippen LogP contribution in [-0.4, -0.2) is 31.6 Å². The highest BCUT2D eigenvalue weighted by molar-refractivity contribution is 7.90. The summed E-state index contributed by atoms with van der Waals surface area (Å²) >= 11 is 1.58. The molecular weight excluding hydrogens is 468 g/mol. The SMILES string of the molecule is COc1ccc(-c2cn(S(=O)(=O)c3ccc(C)cc3)c3nccc(-c4ccsc4)c23)c(OC)c1. The first-order valence-corrected chi connectivity index (χ1v) is 12.9. The van der Waals surface area contributed by atoms with Gasteiger partial charge in [0.15, 0.2) is 5.65 Å². The molecule has 0 radical (unpaired) electrons. The van der Waals surface area contributed by atoms with E-state index in [4.69, 9.17) is 9.47 Å². The number of fused-ring (bicyclic) bond motifs is 1. The summed E-state index contributed by atoms with van der Waals surface area (Å²) in [4.78, 5) is 4.72. The Bertz CT molecular complexity index is 1590. The Labute approximate surface area is 202 Å². The van der Waals surface area contributed by atoms with Gasteiger partial charge in [0.1, 0.15) is 11.5 Å². The van der Waals surface area contributed by atoms with Crippen LogP contribution in [0.1, 0.15) is 5.56 Å². The van der Waals surface area contributed by atoms with Gasteiger partial charge >= 0.3 is 0 Å². The Balaban J connectivity index is 1.85. The molecule has 34 heavy (non-hydrogen) atoms. The van der Waals surface area contributed by atoms with E-state index in [2.05, 4.69) is 4.98 Å². The number of pyridine rings is 1. The normalized spacial score (nSPS) is 11.6. The van der Waals surface area contributed by atoms with Gasteiger partial charge in [0, 0.05) is 35.0 Å². The van der Waals surface area contributed by atoms with Crippen LogP contribution in [0.15, 0.2) is 82.6 Å². The molecule has 0 aliphatic rings. The molecule has 0 aliphatic heterocycles. The third kappa shape index (κ3) is 3.65. The minimum atomic E-state index is -3.90. The first-order chi connectivity index (χ1) is 16.4. The van der Waals surface area contributed by atoms with Crippen LogP contribution in [0.4, 0.5) is 0 Å². The number of benzene rings is 2. The molecule has 3 heterocycles. The molecule has 3 aromatic heterocycles. The molecule has 0 N–H and O–H groups in total. The van der Waals surface area contributed by atoms with Crippen molar-refractivity contribution in [2.24, 2.45) is 0 Å². The molecule has 172 valence electrons. The molecule has 0 spiro atoms. The lowest BCUT2D eigenvalue weighted by molar-refractivity contribution is 0.395. The highest BCUT2D eigenvalue weighted by Gasteiger charge is 2.26. The molecule has 5 aromatic rings. The van der Waals surface area contributed by atoms with Crippen molar-refractivity contribution >= 4 is 32.4 Å². The number of aromatic nitrogens is 2. The van der Waals surface area contributed by atoms with Gasteiger partial charge in [-0.25, -0.2) is 17.4 Å². The van der Waals surface area contributed by atoms with Crippen molar-refractivity contribution < 1.29 is 17.9 Å². The second-order valence-corrected chi connectivity index (χ2v) is 10.4. The quantitative estimate of drug-likeness (QED) is 0.292. The number of hydrogen-bond acceptors (Lipinski definition) is 6. The highest BCUT2D eigenvalue weighted by atomic mass is 32.2. The van der Waals surface area contributed by atoms with Gasteiger partial charge in [-0.3, -0.25) is 0 Å². The summed E-state index contributed by atoms with van der Waals surface area (Å²) in [5.74, 6) is 1.22. The topological polar surface area (TPSA) is 70.4 Å². The van der Waals surface area contributed by atoms with E-state index in [0.717, 1.165) is 27.6 Å². The van der Waals surface area contributed by atoms with E-state index in [0.29, 0.717) is 22.7 Å². The predicted octanol–water partition coefficient (Wildman–Crippen LogP) is 5.99. The summed E-state index contributed by atoms with van der Waals surface area (Å²) in [6.07, 6.45) is 3.28. The number of aryl methyl sites for hydroxylation is 1.